The average Bonchev–Trinajstić information content (AvgIpc) is 2.03. The van der Waals surface area contributed by atoms with Crippen molar-refractivity contribution in [2.24, 2.45) is 0 Å². The third-order valence-corrected chi connectivity index (χ3v) is 2.08. The first-order chi connectivity index (χ1) is 5.74. The third-order valence-electron chi connectivity index (χ3n) is 1.20. The zero-order valence-corrected chi connectivity index (χ0v) is 9.20. The van der Waals surface area contributed by atoms with Crippen LogP contribution in [0.2, 0.25) is 10.0 Å². The molecule has 1 rings (SSSR count). The summed E-state index contributed by atoms with van der Waals surface area (Å²) in [6, 6.07) is 1.67. The molecular weight excluding hydrogens is 261 g/mol. The van der Waals surface area contributed by atoms with Crippen LogP contribution in [0.5, 0.6) is 0 Å². The predicted octanol–water partition coefficient (Wildman–Crippen LogP) is 3.80. The normalized spacial score (nSPS) is 10.9. The molecule has 0 aromatic carbocycles. The lowest BCUT2D eigenvalue weighted by Gasteiger charge is -1.96. The largest absolute Gasteiger partial charge is 0.254 e. The van der Waals surface area contributed by atoms with Crippen LogP contribution >= 0.6 is 39.1 Å². The van der Waals surface area contributed by atoms with E-state index in [0.717, 1.165) is 11.0 Å². The van der Waals surface area contributed by atoms with Crippen molar-refractivity contribution in [3.05, 3.63) is 34.1 Å². The highest BCUT2D eigenvalue weighted by atomic mass is 79.9. The van der Waals surface area contributed by atoms with E-state index < -0.39 is 0 Å². The molecule has 12 heavy (non-hydrogen) atoms. The summed E-state index contributed by atoms with van der Waals surface area (Å²) in [6.07, 6.45) is 5.33. The first-order valence-electron chi connectivity index (χ1n) is 3.27. The number of alkyl halides is 1. The number of aromatic nitrogens is 1. The Morgan fingerprint density at radius 3 is 2.83 bits per heavy atom. The minimum atomic E-state index is 0.552. The quantitative estimate of drug-likeness (QED) is 0.742. The minimum absolute atomic E-state index is 0.552. The lowest BCUT2D eigenvalue weighted by Crippen LogP contribution is -1.81. The van der Waals surface area contributed by atoms with Crippen molar-refractivity contribution in [3.8, 4) is 0 Å². The molecule has 0 aliphatic heterocycles. The van der Waals surface area contributed by atoms with Crippen molar-refractivity contribution < 1.29 is 0 Å². The summed E-state index contributed by atoms with van der Waals surface area (Å²) in [5, 5.41) is 1.91. The Bertz CT molecular complexity index is 299. The van der Waals surface area contributed by atoms with E-state index in [1.807, 2.05) is 12.2 Å². The van der Waals surface area contributed by atoms with Crippen LogP contribution in [0.1, 0.15) is 5.69 Å². The Balaban J connectivity index is 2.94. The van der Waals surface area contributed by atoms with Gasteiger partial charge in [-0.2, -0.15) is 0 Å². The van der Waals surface area contributed by atoms with Gasteiger partial charge in [0.25, 0.3) is 0 Å². The second-order valence-corrected chi connectivity index (χ2v) is 3.57. The molecule has 0 saturated carbocycles. The summed E-state index contributed by atoms with van der Waals surface area (Å²) in [7, 11) is 0. The monoisotopic (exact) mass is 265 g/mol. The van der Waals surface area contributed by atoms with Crippen molar-refractivity contribution in [1.29, 1.82) is 0 Å². The van der Waals surface area contributed by atoms with Crippen molar-refractivity contribution in [2.75, 3.05) is 5.33 Å². The number of nitrogens with zero attached hydrogens (tertiary/aromatic N) is 1. The van der Waals surface area contributed by atoms with Gasteiger partial charge in [-0.15, -0.1) is 0 Å². The standard InChI is InChI=1S/C8H6BrCl2N/c9-3-1-2-8-7(11)4-6(10)5-12-8/h1-2,4-5H,3H2. The highest BCUT2D eigenvalue weighted by Crippen LogP contribution is 2.19. The highest BCUT2D eigenvalue weighted by molar-refractivity contribution is 9.09. The van der Waals surface area contributed by atoms with Gasteiger partial charge in [-0.1, -0.05) is 45.2 Å². The van der Waals surface area contributed by atoms with Gasteiger partial charge in [0.2, 0.25) is 0 Å². The molecule has 0 unspecified atom stereocenters. The summed E-state index contributed by atoms with van der Waals surface area (Å²) >= 11 is 14.8. The second-order valence-electron chi connectivity index (χ2n) is 2.08. The molecule has 4 heteroatoms. The van der Waals surface area contributed by atoms with Crippen LogP contribution in [0.3, 0.4) is 0 Å². The summed E-state index contributed by atoms with van der Waals surface area (Å²) in [4.78, 5) is 4.04. The molecular formula is C8H6BrCl2N. The van der Waals surface area contributed by atoms with Crippen LogP contribution in [-0.2, 0) is 0 Å². The molecule has 0 atom stereocenters. The van der Waals surface area contributed by atoms with Crippen LogP contribution in [0, 0.1) is 0 Å². The molecule has 1 aromatic heterocycles. The number of rotatable bonds is 2. The van der Waals surface area contributed by atoms with Gasteiger partial charge >= 0.3 is 0 Å². The maximum Gasteiger partial charge on any atom is 0.0814 e. The molecule has 0 aliphatic rings. The third kappa shape index (κ3) is 2.77. The molecule has 0 fully saturated rings. The summed E-state index contributed by atoms with van der Waals surface area (Å²) in [6.45, 7) is 0. The second kappa shape index (κ2) is 4.85. The van der Waals surface area contributed by atoms with E-state index in [1.165, 1.54) is 0 Å². The number of halogens is 3. The first kappa shape index (κ1) is 10.0. The van der Waals surface area contributed by atoms with Crippen molar-refractivity contribution in [3.63, 3.8) is 0 Å². The smallest absolute Gasteiger partial charge is 0.0814 e. The molecule has 0 aliphatic carbocycles. The maximum absolute atomic E-state index is 5.85. The first-order valence-corrected chi connectivity index (χ1v) is 5.15. The fourth-order valence-electron chi connectivity index (χ4n) is 0.704. The van der Waals surface area contributed by atoms with Gasteiger partial charge in [-0.05, 0) is 12.1 Å². The van der Waals surface area contributed by atoms with Gasteiger partial charge in [-0.3, -0.25) is 4.98 Å². The lowest BCUT2D eigenvalue weighted by atomic mass is 10.3. The van der Waals surface area contributed by atoms with Crippen molar-refractivity contribution in [1.82, 2.24) is 4.98 Å². The number of hydrogen-bond acceptors (Lipinski definition) is 1. The number of hydrogen-bond donors (Lipinski definition) is 0. The van der Waals surface area contributed by atoms with Crippen LogP contribution in [0.4, 0.5) is 0 Å². The van der Waals surface area contributed by atoms with E-state index in [4.69, 9.17) is 23.2 Å². The fraction of sp³-hybridized carbons (Fsp3) is 0.125. The Morgan fingerprint density at radius 1 is 1.50 bits per heavy atom. The SMILES string of the molecule is Clc1cnc(C=CCBr)c(Cl)c1. The van der Waals surface area contributed by atoms with Gasteiger partial charge in [-0.25, -0.2) is 0 Å². The Labute approximate surface area is 89.5 Å². The van der Waals surface area contributed by atoms with Gasteiger partial charge in [0, 0.05) is 11.5 Å². The summed E-state index contributed by atoms with van der Waals surface area (Å²) in [5.74, 6) is 0. The maximum atomic E-state index is 5.85. The van der Waals surface area contributed by atoms with E-state index in [9.17, 15) is 0 Å². The van der Waals surface area contributed by atoms with Crippen LogP contribution in [-0.4, -0.2) is 10.3 Å². The van der Waals surface area contributed by atoms with Gasteiger partial charge in [0.15, 0.2) is 0 Å². The average molecular weight is 267 g/mol. The zero-order valence-electron chi connectivity index (χ0n) is 6.10. The molecule has 0 bridgehead atoms. The Kier molecular flexibility index (Phi) is 4.06. The molecule has 0 radical (unpaired) electrons. The van der Waals surface area contributed by atoms with E-state index in [0.29, 0.717) is 10.0 Å². The molecule has 0 saturated heterocycles. The lowest BCUT2D eigenvalue weighted by molar-refractivity contribution is 1.29. The van der Waals surface area contributed by atoms with Crippen LogP contribution in [0.25, 0.3) is 6.08 Å². The van der Waals surface area contributed by atoms with E-state index in [2.05, 4.69) is 20.9 Å². The van der Waals surface area contributed by atoms with Gasteiger partial charge < -0.3 is 0 Å². The van der Waals surface area contributed by atoms with E-state index >= 15 is 0 Å². The molecule has 1 nitrogen and oxygen atoms in total. The summed E-state index contributed by atoms with van der Waals surface area (Å²) < 4.78 is 0. The van der Waals surface area contributed by atoms with E-state index in [1.54, 1.807) is 12.3 Å². The van der Waals surface area contributed by atoms with Crippen molar-refractivity contribution in [2.45, 2.75) is 0 Å². The highest BCUT2D eigenvalue weighted by Gasteiger charge is 1.97. The Hall–Kier alpha value is -0.0500. The van der Waals surface area contributed by atoms with Gasteiger partial charge in [0.05, 0.1) is 15.7 Å². The fourth-order valence-corrected chi connectivity index (χ4v) is 1.33. The molecule has 0 spiro atoms. The van der Waals surface area contributed by atoms with Crippen molar-refractivity contribution >= 4 is 45.2 Å². The zero-order chi connectivity index (χ0) is 8.97. The van der Waals surface area contributed by atoms with Gasteiger partial charge in [0.1, 0.15) is 0 Å². The topological polar surface area (TPSA) is 12.9 Å². The Morgan fingerprint density at radius 2 is 2.25 bits per heavy atom. The molecule has 1 heterocycles. The predicted molar refractivity (Wildman–Crippen MR) is 57.1 cm³/mol. The molecule has 0 N–H and O–H groups in total. The summed E-state index contributed by atoms with van der Waals surface area (Å²) in [5.41, 5.74) is 0.737. The number of allylic oxidation sites excluding steroid dienone is 1. The molecule has 0 amide bonds. The minimum Gasteiger partial charge on any atom is -0.254 e. The van der Waals surface area contributed by atoms with Crippen LogP contribution < -0.4 is 0 Å². The number of pyridine rings is 1. The molecule has 1 aromatic rings. The van der Waals surface area contributed by atoms with E-state index in [-0.39, 0.29) is 0 Å². The van der Waals surface area contributed by atoms with Crippen LogP contribution in [0.15, 0.2) is 18.3 Å². The molecule has 64 valence electrons.